The number of hydrogen-bond acceptors (Lipinski definition) is 4. The SMILES string of the molecule is COC(=O)c1c(Cl)ncc2c(OC)cccc12. The monoisotopic (exact) mass is 251 g/mol. The number of hydrogen-bond donors (Lipinski definition) is 0. The summed E-state index contributed by atoms with van der Waals surface area (Å²) < 4.78 is 9.90. The molecule has 0 spiro atoms. The standard InChI is InChI=1S/C12H10ClNO3/c1-16-9-5-3-4-7-8(9)6-14-11(13)10(7)12(15)17-2/h3-6H,1-2H3. The van der Waals surface area contributed by atoms with E-state index in [1.807, 2.05) is 0 Å². The highest BCUT2D eigenvalue weighted by Crippen LogP contribution is 2.30. The van der Waals surface area contributed by atoms with Gasteiger partial charge in [0.05, 0.1) is 14.2 Å². The van der Waals surface area contributed by atoms with Crippen molar-refractivity contribution in [1.29, 1.82) is 0 Å². The number of halogens is 1. The summed E-state index contributed by atoms with van der Waals surface area (Å²) >= 11 is 5.92. The molecule has 2 aromatic rings. The van der Waals surface area contributed by atoms with Crippen molar-refractivity contribution in [2.45, 2.75) is 0 Å². The molecule has 0 amide bonds. The average molecular weight is 252 g/mol. The van der Waals surface area contributed by atoms with Crippen LogP contribution in [0.2, 0.25) is 5.15 Å². The van der Waals surface area contributed by atoms with Crippen LogP contribution in [0.4, 0.5) is 0 Å². The van der Waals surface area contributed by atoms with Crippen molar-refractivity contribution >= 4 is 28.3 Å². The van der Waals surface area contributed by atoms with Crippen LogP contribution >= 0.6 is 11.6 Å². The maximum absolute atomic E-state index is 11.7. The fraction of sp³-hybridized carbons (Fsp3) is 0.167. The molecule has 1 aromatic carbocycles. The Balaban J connectivity index is 2.82. The molecule has 0 atom stereocenters. The first-order chi connectivity index (χ1) is 8.19. The van der Waals surface area contributed by atoms with Gasteiger partial charge in [0.1, 0.15) is 16.5 Å². The van der Waals surface area contributed by atoms with E-state index in [0.29, 0.717) is 11.1 Å². The van der Waals surface area contributed by atoms with Gasteiger partial charge in [-0.2, -0.15) is 0 Å². The number of rotatable bonds is 2. The lowest BCUT2D eigenvalue weighted by Gasteiger charge is -2.09. The smallest absolute Gasteiger partial charge is 0.341 e. The number of carbonyl (C=O) groups excluding carboxylic acids is 1. The van der Waals surface area contributed by atoms with E-state index in [1.165, 1.54) is 7.11 Å². The van der Waals surface area contributed by atoms with Crippen LogP contribution in [-0.4, -0.2) is 25.2 Å². The molecule has 0 aliphatic heterocycles. The van der Waals surface area contributed by atoms with Crippen LogP contribution in [0.3, 0.4) is 0 Å². The van der Waals surface area contributed by atoms with Crippen LogP contribution in [0, 0.1) is 0 Å². The average Bonchev–Trinajstić information content (AvgIpc) is 2.36. The summed E-state index contributed by atoms with van der Waals surface area (Å²) in [7, 11) is 2.86. The Bertz CT molecular complexity index is 583. The van der Waals surface area contributed by atoms with Crippen LogP contribution in [0.5, 0.6) is 5.75 Å². The van der Waals surface area contributed by atoms with Crippen LogP contribution in [0.15, 0.2) is 24.4 Å². The topological polar surface area (TPSA) is 48.4 Å². The Hall–Kier alpha value is -1.81. The number of methoxy groups -OCH3 is 2. The summed E-state index contributed by atoms with van der Waals surface area (Å²) in [6, 6.07) is 5.35. The zero-order chi connectivity index (χ0) is 12.4. The first-order valence-electron chi connectivity index (χ1n) is 4.88. The number of fused-ring (bicyclic) bond motifs is 1. The normalized spacial score (nSPS) is 10.3. The van der Waals surface area contributed by atoms with E-state index in [2.05, 4.69) is 4.98 Å². The van der Waals surface area contributed by atoms with Gasteiger partial charge in [0.25, 0.3) is 0 Å². The minimum Gasteiger partial charge on any atom is -0.496 e. The molecule has 0 fully saturated rings. The number of benzene rings is 1. The second-order valence-electron chi connectivity index (χ2n) is 3.34. The van der Waals surface area contributed by atoms with Crippen LogP contribution in [0.1, 0.15) is 10.4 Å². The Labute approximate surface area is 103 Å². The second-order valence-corrected chi connectivity index (χ2v) is 3.70. The molecule has 5 heteroatoms. The van der Waals surface area contributed by atoms with E-state index in [9.17, 15) is 4.79 Å². The van der Waals surface area contributed by atoms with E-state index in [1.54, 1.807) is 31.5 Å². The van der Waals surface area contributed by atoms with E-state index in [-0.39, 0.29) is 10.7 Å². The van der Waals surface area contributed by atoms with Gasteiger partial charge in [-0.3, -0.25) is 0 Å². The first kappa shape index (κ1) is 11.7. The van der Waals surface area contributed by atoms with Gasteiger partial charge in [-0.05, 0) is 6.07 Å². The highest BCUT2D eigenvalue weighted by atomic mass is 35.5. The van der Waals surface area contributed by atoms with Gasteiger partial charge < -0.3 is 9.47 Å². The molecule has 0 saturated carbocycles. The number of ether oxygens (including phenoxy) is 2. The van der Waals surface area contributed by atoms with Gasteiger partial charge in [-0.25, -0.2) is 9.78 Å². The third kappa shape index (κ3) is 1.91. The highest BCUT2D eigenvalue weighted by molar-refractivity contribution is 6.34. The molecule has 2 rings (SSSR count). The Morgan fingerprint density at radius 2 is 2.06 bits per heavy atom. The Morgan fingerprint density at radius 1 is 1.29 bits per heavy atom. The lowest BCUT2D eigenvalue weighted by atomic mass is 10.1. The summed E-state index contributed by atoms with van der Waals surface area (Å²) in [5, 5.41) is 1.51. The molecule has 0 aliphatic carbocycles. The van der Waals surface area contributed by atoms with Crippen molar-refractivity contribution in [2.24, 2.45) is 0 Å². The van der Waals surface area contributed by atoms with E-state index < -0.39 is 5.97 Å². The largest absolute Gasteiger partial charge is 0.496 e. The second kappa shape index (κ2) is 4.59. The van der Waals surface area contributed by atoms with E-state index in [0.717, 1.165) is 5.39 Å². The van der Waals surface area contributed by atoms with Crippen LogP contribution in [0.25, 0.3) is 10.8 Å². The number of nitrogens with zero attached hydrogens (tertiary/aromatic N) is 1. The van der Waals surface area contributed by atoms with Crippen molar-refractivity contribution in [1.82, 2.24) is 4.98 Å². The molecule has 0 bridgehead atoms. The fourth-order valence-corrected chi connectivity index (χ4v) is 1.89. The molecule has 1 aromatic heterocycles. The van der Waals surface area contributed by atoms with Gasteiger partial charge >= 0.3 is 5.97 Å². The number of pyridine rings is 1. The molecule has 88 valence electrons. The Morgan fingerprint density at radius 3 is 2.71 bits per heavy atom. The van der Waals surface area contributed by atoms with Gasteiger partial charge in [0, 0.05) is 17.0 Å². The Kier molecular flexibility index (Phi) is 3.15. The van der Waals surface area contributed by atoms with Crippen molar-refractivity contribution in [3.63, 3.8) is 0 Å². The molecule has 0 N–H and O–H groups in total. The summed E-state index contributed by atoms with van der Waals surface area (Å²) in [6.07, 6.45) is 1.57. The third-order valence-electron chi connectivity index (χ3n) is 2.46. The highest BCUT2D eigenvalue weighted by Gasteiger charge is 2.17. The zero-order valence-corrected chi connectivity index (χ0v) is 10.1. The van der Waals surface area contributed by atoms with E-state index in [4.69, 9.17) is 21.1 Å². The maximum atomic E-state index is 11.7. The fourth-order valence-electron chi connectivity index (χ4n) is 1.67. The first-order valence-corrected chi connectivity index (χ1v) is 5.26. The number of aromatic nitrogens is 1. The summed E-state index contributed by atoms with van der Waals surface area (Å²) in [5.41, 5.74) is 0.255. The molecule has 17 heavy (non-hydrogen) atoms. The maximum Gasteiger partial charge on any atom is 0.341 e. The molecule has 0 unspecified atom stereocenters. The van der Waals surface area contributed by atoms with E-state index >= 15 is 0 Å². The number of carbonyl (C=O) groups is 1. The summed E-state index contributed by atoms with van der Waals surface area (Å²) in [4.78, 5) is 15.6. The van der Waals surface area contributed by atoms with Crippen molar-refractivity contribution in [2.75, 3.05) is 14.2 Å². The predicted molar refractivity (Wildman–Crippen MR) is 64.6 cm³/mol. The van der Waals surface area contributed by atoms with Crippen molar-refractivity contribution < 1.29 is 14.3 Å². The summed E-state index contributed by atoms with van der Waals surface area (Å²) in [6.45, 7) is 0. The minimum absolute atomic E-state index is 0.123. The zero-order valence-electron chi connectivity index (χ0n) is 9.36. The van der Waals surface area contributed by atoms with Gasteiger partial charge in [0.15, 0.2) is 0 Å². The lowest BCUT2D eigenvalue weighted by molar-refractivity contribution is 0.0603. The molecular weight excluding hydrogens is 242 g/mol. The molecule has 0 aliphatic rings. The number of esters is 1. The predicted octanol–water partition coefficient (Wildman–Crippen LogP) is 2.68. The molecule has 1 heterocycles. The van der Waals surface area contributed by atoms with Gasteiger partial charge in [-0.1, -0.05) is 23.7 Å². The molecule has 0 saturated heterocycles. The van der Waals surface area contributed by atoms with Gasteiger partial charge in [0.2, 0.25) is 0 Å². The summed E-state index contributed by atoms with van der Waals surface area (Å²) in [5.74, 6) is 0.123. The molecule has 0 radical (unpaired) electrons. The lowest BCUT2D eigenvalue weighted by Crippen LogP contribution is -2.04. The van der Waals surface area contributed by atoms with Gasteiger partial charge in [-0.15, -0.1) is 0 Å². The quantitative estimate of drug-likeness (QED) is 0.608. The van der Waals surface area contributed by atoms with Crippen molar-refractivity contribution in [3.05, 3.63) is 35.1 Å². The molecule has 4 nitrogen and oxygen atoms in total. The minimum atomic E-state index is -0.513. The molecular formula is C12H10ClNO3. The van der Waals surface area contributed by atoms with Crippen molar-refractivity contribution in [3.8, 4) is 5.75 Å². The van der Waals surface area contributed by atoms with Crippen LogP contribution < -0.4 is 4.74 Å². The van der Waals surface area contributed by atoms with Crippen LogP contribution in [-0.2, 0) is 4.74 Å². The third-order valence-corrected chi connectivity index (χ3v) is 2.74.